The third kappa shape index (κ3) is 3.55. The molecule has 15 heavy (non-hydrogen) atoms. The molecule has 2 heterocycles. The molecule has 82 valence electrons. The lowest BCUT2D eigenvalue weighted by Crippen LogP contribution is -2.35. The first-order valence-corrected chi connectivity index (χ1v) is 6.06. The van der Waals surface area contributed by atoms with Gasteiger partial charge < -0.3 is 10.1 Å². The maximum absolute atomic E-state index is 5.77. The minimum atomic E-state index is 0.351. The van der Waals surface area contributed by atoms with Crippen LogP contribution in [0.5, 0.6) is 0 Å². The van der Waals surface area contributed by atoms with Gasteiger partial charge in [-0.2, -0.15) is 0 Å². The van der Waals surface area contributed by atoms with Crippen LogP contribution in [-0.2, 0) is 11.3 Å². The van der Waals surface area contributed by atoms with Crippen molar-refractivity contribution in [2.24, 2.45) is 0 Å². The first-order chi connectivity index (χ1) is 7.34. The fourth-order valence-corrected chi connectivity index (χ4v) is 1.89. The Morgan fingerprint density at radius 2 is 2.47 bits per heavy atom. The molecule has 0 saturated carbocycles. The summed E-state index contributed by atoms with van der Waals surface area (Å²) in [5.74, 6) is 0. The topological polar surface area (TPSA) is 34.1 Å². The van der Waals surface area contributed by atoms with Crippen molar-refractivity contribution in [1.82, 2.24) is 10.3 Å². The predicted molar refractivity (Wildman–Crippen MR) is 62.6 cm³/mol. The third-order valence-corrected chi connectivity index (χ3v) is 2.98. The largest absolute Gasteiger partial charge is 0.371 e. The average molecular weight is 271 g/mol. The molecule has 1 fully saturated rings. The van der Waals surface area contributed by atoms with E-state index in [2.05, 4.69) is 26.2 Å². The quantitative estimate of drug-likeness (QED) is 0.914. The molecule has 3 nitrogen and oxygen atoms in total. The Morgan fingerprint density at radius 1 is 1.53 bits per heavy atom. The van der Waals surface area contributed by atoms with E-state index >= 15 is 0 Å². The Bertz CT molecular complexity index is 296. The molecule has 2 rings (SSSR count). The Kier molecular flexibility index (Phi) is 4.11. The first-order valence-electron chi connectivity index (χ1n) is 5.27. The molecule has 1 aliphatic rings. The van der Waals surface area contributed by atoms with Crippen molar-refractivity contribution < 1.29 is 4.74 Å². The van der Waals surface area contributed by atoms with Crippen LogP contribution in [0.3, 0.4) is 0 Å². The SMILES string of the molecule is Brc1ccc(COC2CCCNC2)nc1. The highest BCUT2D eigenvalue weighted by Gasteiger charge is 2.13. The van der Waals surface area contributed by atoms with Gasteiger partial charge in [0, 0.05) is 17.2 Å². The summed E-state index contributed by atoms with van der Waals surface area (Å²) >= 11 is 3.36. The van der Waals surface area contributed by atoms with Gasteiger partial charge in [-0.1, -0.05) is 0 Å². The van der Waals surface area contributed by atoms with Gasteiger partial charge in [0.1, 0.15) is 0 Å². The van der Waals surface area contributed by atoms with Crippen LogP contribution in [0.15, 0.2) is 22.8 Å². The van der Waals surface area contributed by atoms with Gasteiger partial charge in [0.25, 0.3) is 0 Å². The number of aromatic nitrogens is 1. The number of hydrogen-bond donors (Lipinski definition) is 1. The highest BCUT2D eigenvalue weighted by Crippen LogP contribution is 2.11. The lowest BCUT2D eigenvalue weighted by atomic mass is 10.1. The highest BCUT2D eigenvalue weighted by molar-refractivity contribution is 9.10. The number of nitrogens with one attached hydrogen (secondary N) is 1. The molecule has 0 bridgehead atoms. The smallest absolute Gasteiger partial charge is 0.0892 e. The fraction of sp³-hybridized carbons (Fsp3) is 0.545. The monoisotopic (exact) mass is 270 g/mol. The second-order valence-corrected chi connectivity index (χ2v) is 4.66. The molecule has 0 spiro atoms. The van der Waals surface area contributed by atoms with Gasteiger partial charge in [-0.05, 0) is 47.4 Å². The van der Waals surface area contributed by atoms with Crippen molar-refractivity contribution in [3.05, 3.63) is 28.5 Å². The number of nitrogens with zero attached hydrogens (tertiary/aromatic N) is 1. The summed E-state index contributed by atoms with van der Waals surface area (Å²) in [5.41, 5.74) is 0.990. The van der Waals surface area contributed by atoms with Crippen LogP contribution in [0.4, 0.5) is 0 Å². The number of halogens is 1. The minimum Gasteiger partial charge on any atom is -0.371 e. The highest BCUT2D eigenvalue weighted by atomic mass is 79.9. The first kappa shape index (κ1) is 11.0. The van der Waals surface area contributed by atoms with Gasteiger partial charge in [-0.15, -0.1) is 0 Å². The Labute approximate surface area is 98.4 Å². The standard InChI is InChI=1S/C11H15BrN2O/c12-9-3-4-10(14-6-9)8-15-11-2-1-5-13-7-11/h3-4,6,11,13H,1-2,5,7-8H2. The average Bonchev–Trinajstić information content (AvgIpc) is 2.30. The fourth-order valence-electron chi connectivity index (χ4n) is 1.66. The number of pyridine rings is 1. The second kappa shape index (κ2) is 5.58. The van der Waals surface area contributed by atoms with Crippen molar-refractivity contribution in [2.75, 3.05) is 13.1 Å². The molecule has 1 aliphatic heterocycles. The maximum atomic E-state index is 5.77. The lowest BCUT2D eigenvalue weighted by Gasteiger charge is -2.22. The van der Waals surface area contributed by atoms with E-state index in [4.69, 9.17) is 4.74 Å². The Morgan fingerprint density at radius 3 is 3.13 bits per heavy atom. The molecule has 0 aromatic carbocycles. The van der Waals surface area contributed by atoms with E-state index in [1.54, 1.807) is 6.20 Å². The summed E-state index contributed by atoms with van der Waals surface area (Å²) < 4.78 is 6.77. The molecule has 0 aliphatic carbocycles. The number of ether oxygens (including phenoxy) is 1. The van der Waals surface area contributed by atoms with Crippen molar-refractivity contribution in [3.63, 3.8) is 0 Å². The summed E-state index contributed by atoms with van der Waals surface area (Å²) in [5, 5.41) is 3.33. The van der Waals surface area contributed by atoms with Crippen molar-refractivity contribution in [3.8, 4) is 0 Å². The molecule has 1 aromatic rings. The molecule has 0 amide bonds. The van der Waals surface area contributed by atoms with Crippen LogP contribution < -0.4 is 5.32 Å². The van der Waals surface area contributed by atoms with Gasteiger partial charge >= 0.3 is 0 Å². The normalized spacial score (nSPS) is 21.5. The molecule has 4 heteroatoms. The molecule has 1 N–H and O–H groups in total. The molecule has 1 saturated heterocycles. The van der Waals surface area contributed by atoms with Crippen molar-refractivity contribution in [1.29, 1.82) is 0 Å². The molecular weight excluding hydrogens is 256 g/mol. The second-order valence-electron chi connectivity index (χ2n) is 3.75. The van der Waals surface area contributed by atoms with E-state index in [9.17, 15) is 0 Å². The zero-order valence-corrected chi connectivity index (χ0v) is 10.2. The van der Waals surface area contributed by atoms with E-state index in [-0.39, 0.29) is 0 Å². The van der Waals surface area contributed by atoms with E-state index in [0.717, 1.165) is 29.7 Å². The Hall–Kier alpha value is -0.450. The zero-order chi connectivity index (χ0) is 10.5. The van der Waals surface area contributed by atoms with Crippen molar-refractivity contribution in [2.45, 2.75) is 25.6 Å². The van der Waals surface area contributed by atoms with E-state index < -0.39 is 0 Å². The summed E-state index contributed by atoms with van der Waals surface area (Å²) in [6, 6.07) is 3.98. The molecular formula is C11H15BrN2O. The zero-order valence-electron chi connectivity index (χ0n) is 8.58. The van der Waals surface area contributed by atoms with Crippen LogP contribution >= 0.6 is 15.9 Å². The minimum absolute atomic E-state index is 0.351. The maximum Gasteiger partial charge on any atom is 0.0892 e. The van der Waals surface area contributed by atoms with Crippen LogP contribution in [0, 0.1) is 0 Å². The number of rotatable bonds is 3. The predicted octanol–water partition coefficient (Wildman–Crippen LogP) is 2.11. The third-order valence-electron chi connectivity index (χ3n) is 2.51. The Balaban J connectivity index is 1.79. The van der Waals surface area contributed by atoms with Gasteiger partial charge in [0.05, 0.1) is 18.4 Å². The lowest BCUT2D eigenvalue weighted by molar-refractivity contribution is 0.0236. The van der Waals surface area contributed by atoms with Gasteiger partial charge in [-0.3, -0.25) is 4.98 Å². The molecule has 1 unspecified atom stereocenters. The van der Waals surface area contributed by atoms with E-state index in [0.29, 0.717) is 12.7 Å². The molecule has 1 aromatic heterocycles. The van der Waals surface area contributed by atoms with Gasteiger partial charge in [0.2, 0.25) is 0 Å². The molecule has 0 radical (unpaired) electrons. The molecule has 1 atom stereocenters. The van der Waals surface area contributed by atoms with Crippen LogP contribution in [-0.4, -0.2) is 24.2 Å². The summed E-state index contributed by atoms with van der Waals surface area (Å²) in [4.78, 5) is 4.27. The van der Waals surface area contributed by atoms with Crippen LogP contribution in [0.25, 0.3) is 0 Å². The van der Waals surface area contributed by atoms with Crippen LogP contribution in [0.1, 0.15) is 18.5 Å². The van der Waals surface area contributed by atoms with Crippen LogP contribution in [0.2, 0.25) is 0 Å². The number of hydrogen-bond acceptors (Lipinski definition) is 3. The van der Waals surface area contributed by atoms with Gasteiger partial charge in [0.15, 0.2) is 0 Å². The van der Waals surface area contributed by atoms with Crippen molar-refractivity contribution >= 4 is 15.9 Å². The summed E-state index contributed by atoms with van der Waals surface area (Å²) in [6.45, 7) is 2.70. The van der Waals surface area contributed by atoms with Gasteiger partial charge in [-0.25, -0.2) is 0 Å². The summed E-state index contributed by atoms with van der Waals surface area (Å²) in [7, 11) is 0. The number of piperidine rings is 1. The summed E-state index contributed by atoms with van der Waals surface area (Å²) in [6.07, 6.45) is 4.52. The van der Waals surface area contributed by atoms with E-state index in [1.165, 1.54) is 6.42 Å². The van der Waals surface area contributed by atoms with E-state index in [1.807, 2.05) is 12.1 Å².